The molecule has 23 heavy (non-hydrogen) atoms. The first-order chi connectivity index (χ1) is 11.2. The molecule has 0 saturated carbocycles. The Labute approximate surface area is 137 Å². The fourth-order valence-electron chi connectivity index (χ4n) is 3.80. The zero-order chi connectivity index (χ0) is 16.1. The second-order valence-electron chi connectivity index (χ2n) is 6.81. The average molecular weight is 318 g/mol. The highest BCUT2D eigenvalue weighted by Gasteiger charge is 2.48. The van der Waals surface area contributed by atoms with Gasteiger partial charge in [-0.1, -0.05) is 30.3 Å². The van der Waals surface area contributed by atoms with E-state index in [0.717, 1.165) is 32.5 Å². The van der Waals surface area contributed by atoms with Gasteiger partial charge in [-0.15, -0.1) is 0 Å². The summed E-state index contributed by atoms with van der Waals surface area (Å²) < 4.78 is 5.56. The molecule has 0 unspecified atom stereocenters. The number of rotatable bonds is 6. The second kappa shape index (κ2) is 7.43. The van der Waals surface area contributed by atoms with Gasteiger partial charge in [-0.05, 0) is 24.3 Å². The fourth-order valence-corrected chi connectivity index (χ4v) is 3.80. The van der Waals surface area contributed by atoms with Crippen LogP contribution in [0.1, 0.15) is 12.0 Å². The number of carbonyl (C=O) groups excluding carboxylic acids is 1. The zero-order valence-electron chi connectivity index (χ0n) is 13.5. The monoisotopic (exact) mass is 318 g/mol. The van der Waals surface area contributed by atoms with Crippen molar-refractivity contribution in [2.24, 2.45) is 11.3 Å². The van der Waals surface area contributed by atoms with Crippen LogP contribution in [0.25, 0.3) is 0 Å². The van der Waals surface area contributed by atoms with E-state index in [1.165, 1.54) is 5.56 Å². The van der Waals surface area contributed by atoms with Crippen LogP contribution in [0.2, 0.25) is 0 Å². The Morgan fingerprint density at radius 1 is 1.39 bits per heavy atom. The first kappa shape index (κ1) is 16.4. The van der Waals surface area contributed by atoms with Gasteiger partial charge in [0.25, 0.3) is 0 Å². The van der Waals surface area contributed by atoms with Gasteiger partial charge in [0.1, 0.15) is 0 Å². The Balaban J connectivity index is 1.43. The van der Waals surface area contributed by atoms with Crippen LogP contribution in [0, 0.1) is 11.3 Å². The van der Waals surface area contributed by atoms with E-state index in [1.807, 2.05) is 18.2 Å². The number of nitrogens with one attached hydrogen (secondary N) is 1. The van der Waals surface area contributed by atoms with E-state index >= 15 is 0 Å². The number of likely N-dealkylation sites (tertiary alicyclic amines) is 1. The molecule has 2 aliphatic rings. The van der Waals surface area contributed by atoms with Crippen molar-refractivity contribution >= 4 is 5.91 Å². The quantitative estimate of drug-likeness (QED) is 0.810. The first-order valence-electron chi connectivity index (χ1n) is 8.43. The summed E-state index contributed by atoms with van der Waals surface area (Å²) >= 11 is 0. The Hall–Kier alpha value is -1.43. The molecule has 0 aliphatic carbocycles. The number of aliphatic hydroxyl groups is 1. The molecule has 2 atom stereocenters. The van der Waals surface area contributed by atoms with E-state index in [0.29, 0.717) is 25.6 Å². The number of hydrogen-bond donors (Lipinski definition) is 2. The molecule has 0 bridgehead atoms. The van der Waals surface area contributed by atoms with Gasteiger partial charge in [0.15, 0.2) is 0 Å². The van der Waals surface area contributed by atoms with Crippen molar-refractivity contribution in [3.63, 3.8) is 0 Å². The van der Waals surface area contributed by atoms with E-state index in [-0.39, 0.29) is 17.9 Å². The summed E-state index contributed by atoms with van der Waals surface area (Å²) in [5.74, 6) is 0.506. The normalized spacial score (nSPS) is 27.6. The van der Waals surface area contributed by atoms with Crippen LogP contribution in [0.4, 0.5) is 0 Å². The molecule has 1 amide bonds. The average Bonchev–Trinajstić information content (AvgIpc) is 2.94. The van der Waals surface area contributed by atoms with Gasteiger partial charge < -0.3 is 15.2 Å². The summed E-state index contributed by atoms with van der Waals surface area (Å²) in [5, 5.41) is 12.8. The smallest absolute Gasteiger partial charge is 0.234 e. The molecular formula is C18H26N2O3. The van der Waals surface area contributed by atoms with Crippen LogP contribution >= 0.6 is 0 Å². The number of aliphatic hydroxyl groups excluding tert-OH is 1. The minimum Gasteiger partial charge on any atom is -0.396 e. The fraction of sp³-hybridized carbons (Fsp3) is 0.611. The van der Waals surface area contributed by atoms with Crippen molar-refractivity contribution in [3.05, 3.63) is 35.9 Å². The molecular weight excluding hydrogens is 292 g/mol. The van der Waals surface area contributed by atoms with Crippen molar-refractivity contribution in [2.45, 2.75) is 12.8 Å². The Kier molecular flexibility index (Phi) is 5.30. The summed E-state index contributed by atoms with van der Waals surface area (Å²) in [5.41, 5.74) is 1.07. The SMILES string of the molecule is O=C(CN1C[C@@H]2CCOC[C@]2(CO)C1)NCCc1ccccc1. The highest BCUT2D eigenvalue weighted by atomic mass is 16.5. The zero-order valence-corrected chi connectivity index (χ0v) is 13.5. The van der Waals surface area contributed by atoms with Crippen LogP contribution < -0.4 is 5.32 Å². The maximum Gasteiger partial charge on any atom is 0.234 e. The molecule has 5 heteroatoms. The molecule has 1 aromatic rings. The number of fused-ring (bicyclic) bond motifs is 1. The summed E-state index contributed by atoms with van der Waals surface area (Å²) in [6.45, 7) is 4.23. The Morgan fingerprint density at radius 3 is 2.96 bits per heavy atom. The molecule has 0 spiro atoms. The predicted molar refractivity (Wildman–Crippen MR) is 88.0 cm³/mol. The molecule has 1 aromatic carbocycles. The van der Waals surface area contributed by atoms with Crippen molar-refractivity contribution in [3.8, 4) is 0 Å². The van der Waals surface area contributed by atoms with E-state index < -0.39 is 0 Å². The van der Waals surface area contributed by atoms with Crippen molar-refractivity contribution in [2.75, 3.05) is 46.0 Å². The van der Waals surface area contributed by atoms with E-state index in [9.17, 15) is 9.90 Å². The lowest BCUT2D eigenvalue weighted by molar-refractivity contribution is -0.122. The molecule has 2 saturated heterocycles. The van der Waals surface area contributed by atoms with Gasteiger partial charge in [0.2, 0.25) is 5.91 Å². The number of carbonyl (C=O) groups is 1. The minimum atomic E-state index is -0.164. The maximum atomic E-state index is 12.1. The number of nitrogens with zero attached hydrogens (tertiary/aromatic N) is 1. The number of hydrogen-bond acceptors (Lipinski definition) is 4. The lowest BCUT2D eigenvalue weighted by Gasteiger charge is -2.36. The van der Waals surface area contributed by atoms with Gasteiger partial charge in [-0.2, -0.15) is 0 Å². The van der Waals surface area contributed by atoms with Gasteiger partial charge >= 0.3 is 0 Å². The van der Waals surface area contributed by atoms with Crippen molar-refractivity contribution in [1.82, 2.24) is 10.2 Å². The van der Waals surface area contributed by atoms with Gasteiger partial charge in [-0.25, -0.2) is 0 Å². The summed E-state index contributed by atoms with van der Waals surface area (Å²) in [6, 6.07) is 10.2. The molecule has 3 rings (SSSR count). The van der Waals surface area contributed by atoms with Crippen LogP contribution in [0.3, 0.4) is 0 Å². The summed E-state index contributed by atoms with van der Waals surface area (Å²) in [7, 11) is 0. The number of benzene rings is 1. The third-order valence-electron chi connectivity index (χ3n) is 5.14. The van der Waals surface area contributed by atoms with Gasteiger partial charge in [0, 0.05) is 31.7 Å². The lowest BCUT2D eigenvalue weighted by atomic mass is 9.76. The minimum absolute atomic E-state index is 0.0635. The lowest BCUT2D eigenvalue weighted by Crippen LogP contribution is -2.43. The van der Waals surface area contributed by atoms with Crippen LogP contribution in [0.15, 0.2) is 30.3 Å². The maximum absolute atomic E-state index is 12.1. The standard InChI is InChI=1S/C18H26N2O3/c21-13-18-12-20(10-16(18)7-9-23-14-18)11-17(22)19-8-6-15-4-2-1-3-5-15/h1-5,16,21H,6-14H2,(H,19,22)/t16-,18+/m0/s1. The molecule has 0 radical (unpaired) electrons. The Bertz CT molecular complexity index is 522. The summed E-state index contributed by atoms with van der Waals surface area (Å²) in [6.07, 6.45) is 1.83. The number of ether oxygens (including phenoxy) is 1. The van der Waals surface area contributed by atoms with E-state index in [1.54, 1.807) is 0 Å². The third kappa shape index (κ3) is 3.91. The van der Waals surface area contributed by atoms with E-state index in [2.05, 4.69) is 22.3 Å². The van der Waals surface area contributed by atoms with Crippen molar-refractivity contribution in [1.29, 1.82) is 0 Å². The molecule has 2 fully saturated rings. The molecule has 126 valence electrons. The topological polar surface area (TPSA) is 61.8 Å². The van der Waals surface area contributed by atoms with E-state index in [4.69, 9.17) is 4.74 Å². The van der Waals surface area contributed by atoms with Crippen LogP contribution in [-0.2, 0) is 16.0 Å². The molecule has 2 aliphatic heterocycles. The highest BCUT2D eigenvalue weighted by molar-refractivity contribution is 5.78. The van der Waals surface area contributed by atoms with Gasteiger partial charge in [-0.3, -0.25) is 9.69 Å². The summed E-state index contributed by atoms with van der Waals surface area (Å²) in [4.78, 5) is 14.3. The molecule has 2 heterocycles. The highest BCUT2D eigenvalue weighted by Crippen LogP contribution is 2.40. The third-order valence-corrected chi connectivity index (χ3v) is 5.14. The Morgan fingerprint density at radius 2 is 2.22 bits per heavy atom. The first-order valence-corrected chi connectivity index (χ1v) is 8.43. The molecule has 2 N–H and O–H groups in total. The van der Waals surface area contributed by atoms with Crippen molar-refractivity contribution < 1.29 is 14.6 Å². The second-order valence-corrected chi connectivity index (χ2v) is 6.81. The van der Waals surface area contributed by atoms with Gasteiger partial charge in [0.05, 0.1) is 19.8 Å². The molecule has 5 nitrogen and oxygen atoms in total. The largest absolute Gasteiger partial charge is 0.396 e. The number of amides is 1. The molecule has 0 aromatic heterocycles. The predicted octanol–water partition coefficient (Wildman–Crippen LogP) is 0.676. The van der Waals surface area contributed by atoms with Crippen LogP contribution in [0.5, 0.6) is 0 Å². The van der Waals surface area contributed by atoms with Crippen LogP contribution in [-0.4, -0.2) is 61.9 Å².